The van der Waals surface area contributed by atoms with Crippen LogP contribution in [0.5, 0.6) is 0 Å². The molecule has 0 unspecified atom stereocenters. The molecule has 202 valence electrons. The second kappa shape index (κ2) is 10.7. The molecule has 2 aromatic heterocycles. The van der Waals surface area contributed by atoms with Crippen LogP contribution in [-0.4, -0.2) is 40.3 Å². The third-order valence-corrected chi connectivity index (χ3v) is 6.87. The van der Waals surface area contributed by atoms with Crippen LogP contribution in [0.4, 0.5) is 30.8 Å². The molecule has 10 heteroatoms. The van der Waals surface area contributed by atoms with Gasteiger partial charge in [0.15, 0.2) is 0 Å². The number of hydrogen-bond acceptors (Lipinski definition) is 6. The molecule has 1 aliphatic heterocycles. The van der Waals surface area contributed by atoms with E-state index in [1.165, 1.54) is 42.7 Å². The van der Waals surface area contributed by atoms with Gasteiger partial charge < -0.3 is 25.1 Å². The predicted molar refractivity (Wildman–Crippen MR) is 149 cm³/mol. The summed E-state index contributed by atoms with van der Waals surface area (Å²) in [6, 6.07) is 18.3. The minimum atomic E-state index is -0.471. The van der Waals surface area contributed by atoms with Crippen molar-refractivity contribution in [2.24, 2.45) is 0 Å². The van der Waals surface area contributed by atoms with Gasteiger partial charge in [-0.05, 0) is 79.1 Å². The molecule has 6 rings (SSSR count). The van der Waals surface area contributed by atoms with E-state index in [1.54, 1.807) is 24.3 Å². The molecule has 1 fully saturated rings. The quantitative estimate of drug-likeness (QED) is 0.237. The summed E-state index contributed by atoms with van der Waals surface area (Å²) >= 11 is 0. The summed E-state index contributed by atoms with van der Waals surface area (Å²) < 4.78 is 33.3. The summed E-state index contributed by atoms with van der Waals surface area (Å²) in [6.45, 7) is 1.27. The molecule has 3 N–H and O–H groups in total. The zero-order chi connectivity index (χ0) is 27.6. The molecule has 1 saturated heterocycles. The van der Waals surface area contributed by atoms with E-state index in [4.69, 9.17) is 4.42 Å². The third-order valence-electron chi connectivity index (χ3n) is 6.87. The van der Waals surface area contributed by atoms with Crippen LogP contribution in [0, 0.1) is 11.6 Å². The first-order valence-corrected chi connectivity index (χ1v) is 12.8. The summed E-state index contributed by atoms with van der Waals surface area (Å²) in [5, 5.41) is 16.1. The topological polar surface area (TPSA) is 104 Å². The normalized spacial score (nSPS) is 13.9. The summed E-state index contributed by atoms with van der Waals surface area (Å²) in [4.78, 5) is 23.5. The first-order chi connectivity index (χ1) is 19.4. The Bertz CT molecular complexity index is 1650. The number of hydrogen-bond donors (Lipinski definition) is 3. The van der Waals surface area contributed by atoms with Crippen molar-refractivity contribution < 1.29 is 23.1 Å². The minimum Gasteiger partial charge on any atom is -0.437 e. The maximum atomic E-state index is 13.8. The van der Waals surface area contributed by atoms with Crippen molar-refractivity contribution in [2.75, 3.05) is 28.6 Å². The molecule has 0 spiro atoms. The summed E-state index contributed by atoms with van der Waals surface area (Å²) in [7, 11) is 0. The molecule has 0 radical (unpaired) electrons. The van der Waals surface area contributed by atoms with Gasteiger partial charge in [0.2, 0.25) is 5.71 Å². The van der Waals surface area contributed by atoms with Crippen LogP contribution in [-0.2, 0) is 0 Å². The van der Waals surface area contributed by atoms with Gasteiger partial charge in [-0.3, -0.25) is 0 Å². The fourth-order valence-electron chi connectivity index (χ4n) is 4.86. The Morgan fingerprint density at radius 3 is 2.00 bits per heavy atom. The zero-order valence-corrected chi connectivity index (χ0v) is 21.3. The number of aliphatic hydroxyl groups is 1. The first kappa shape index (κ1) is 25.4. The van der Waals surface area contributed by atoms with Crippen molar-refractivity contribution in [1.29, 1.82) is 0 Å². The number of benzene rings is 3. The standard InChI is InChI=1S/C30H25F2N5O3/c31-20-5-1-18(2-6-20)25-26-28(37-15-13-24(38)14-16-37)33-17-34-29(26)40-27(25)19-3-9-22(10-4-19)35-30(39)36-23-11-7-21(32)8-12-23/h1-12,17,24,38H,13-16H2,(H2,35,36,39). The number of aromatic nitrogens is 2. The average Bonchev–Trinajstić information content (AvgIpc) is 3.35. The number of nitrogens with zero attached hydrogens (tertiary/aromatic N) is 3. The Morgan fingerprint density at radius 1 is 0.825 bits per heavy atom. The van der Waals surface area contributed by atoms with E-state index in [0.29, 0.717) is 60.0 Å². The molecule has 3 heterocycles. The lowest BCUT2D eigenvalue weighted by Crippen LogP contribution is -2.36. The van der Waals surface area contributed by atoms with E-state index in [1.807, 2.05) is 12.1 Å². The minimum absolute atomic E-state index is 0.338. The number of nitrogens with one attached hydrogen (secondary N) is 2. The van der Waals surface area contributed by atoms with Gasteiger partial charge in [0, 0.05) is 35.6 Å². The third kappa shape index (κ3) is 5.21. The van der Waals surface area contributed by atoms with Gasteiger partial charge >= 0.3 is 6.03 Å². The lowest BCUT2D eigenvalue weighted by molar-refractivity contribution is 0.145. The highest BCUT2D eigenvalue weighted by molar-refractivity contribution is 6.06. The Labute approximate surface area is 228 Å². The van der Waals surface area contributed by atoms with Crippen LogP contribution in [0.15, 0.2) is 83.5 Å². The van der Waals surface area contributed by atoms with Gasteiger partial charge in [-0.15, -0.1) is 0 Å². The van der Waals surface area contributed by atoms with Crippen LogP contribution >= 0.6 is 0 Å². The van der Waals surface area contributed by atoms with E-state index in [0.717, 1.165) is 16.7 Å². The van der Waals surface area contributed by atoms with E-state index in [-0.39, 0.29) is 17.7 Å². The Balaban J connectivity index is 1.35. The second-order valence-electron chi connectivity index (χ2n) is 9.57. The molecule has 0 saturated carbocycles. The fraction of sp³-hybridized carbons (Fsp3) is 0.167. The number of aliphatic hydroxyl groups excluding tert-OH is 1. The summed E-state index contributed by atoms with van der Waals surface area (Å²) in [5.74, 6) is 0.485. The van der Waals surface area contributed by atoms with Crippen molar-refractivity contribution in [3.05, 3.63) is 90.8 Å². The molecule has 8 nitrogen and oxygen atoms in total. The number of halogens is 2. The highest BCUT2D eigenvalue weighted by atomic mass is 19.1. The zero-order valence-electron chi connectivity index (χ0n) is 21.3. The second-order valence-corrected chi connectivity index (χ2v) is 9.57. The molecule has 1 aliphatic rings. The summed E-state index contributed by atoms with van der Waals surface area (Å²) in [6.07, 6.45) is 2.38. The largest absolute Gasteiger partial charge is 0.437 e. The number of urea groups is 1. The number of anilines is 3. The SMILES string of the molecule is O=C(Nc1ccc(F)cc1)Nc1ccc(-c2oc3ncnc(N4CCC(O)CC4)c3c2-c2ccc(F)cc2)cc1. The lowest BCUT2D eigenvalue weighted by Gasteiger charge is -2.30. The van der Waals surface area contributed by atoms with E-state index in [2.05, 4.69) is 25.5 Å². The van der Waals surface area contributed by atoms with Crippen LogP contribution in [0.1, 0.15) is 12.8 Å². The average molecular weight is 542 g/mol. The predicted octanol–water partition coefficient (Wildman–Crippen LogP) is 6.44. The molecule has 3 aromatic carbocycles. The van der Waals surface area contributed by atoms with Crippen molar-refractivity contribution in [1.82, 2.24) is 9.97 Å². The maximum absolute atomic E-state index is 13.8. The van der Waals surface area contributed by atoms with E-state index in [9.17, 15) is 18.7 Å². The van der Waals surface area contributed by atoms with Crippen LogP contribution in [0.25, 0.3) is 33.6 Å². The van der Waals surface area contributed by atoms with Gasteiger partial charge in [0.05, 0.1) is 11.5 Å². The number of fused-ring (bicyclic) bond motifs is 1. The number of piperidine rings is 1. The van der Waals surface area contributed by atoms with Crippen LogP contribution in [0.2, 0.25) is 0 Å². The van der Waals surface area contributed by atoms with Gasteiger partial charge in [0.25, 0.3) is 0 Å². The number of carbonyl (C=O) groups excluding carboxylic acids is 1. The van der Waals surface area contributed by atoms with E-state index >= 15 is 0 Å². The van der Waals surface area contributed by atoms with Crippen LogP contribution in [0.3, 0.4) is 0 Å². The van der Waals surface area contributed by atoms with Crippen molar-refractivity contribution in [2.45, 2.75) is 18.9 Å². The highest BCUT2D eigenvalue weighted by Gasteiger charge is 2.26. The molecule has 0 atom stereocenters. The maximum Gasteiger partial charge on any atom is 0.323 e. The van der Waals surface area contributed by atoms with Crippen molar-refractivity contribution >= 4 is 34.3 Å². The molecule has 40 heavy (non-hydrogen) atoms. The first-order valence-electron chi connectivity index (χ1n) is 12.8. The molecular weight excluding hydrogens is 516 g/mol. The smallest absolute Gasteiger partial charge is 0.323 e. The Morgan fingerprint density at radius 2 is 1.38 bits per heavy atom. The fourth-order valence-corrected chi connectivity index (χ4v) is 4.86. The van der Waals surface area contributed by atoms with Gasteiger partial charge in [-0.1, -0.05) is 12.1 Å². The number of rotatable bonds is 5. The molecular formula is C30H25F2N5O3. The number of carbonyl (C=O) groups is 1. The number of furan rings is 1. The van der Waals surface area contributed by atoms with Gasteiger partial charge in [-0.25, -0.2) is 23.5 Å². The number of amides is 2. The highest BCUT2D eigenvalue weighted by Crippen LogP contribution is 2.44. The van der Waals surface area contributed by atoms with Gasteiger partial charge in [-0.2, -0.15) is 0 Å². The lowest BCUT2D eigenvalue weighted by atomic mass is 9.98. The molecule has 2 amide bonds. The molecule has 5 aromatic rings. The Kier molecular flexibility index (Phi) is 6.83. The van der Waals surface area contributed by atoms with Crippen LogP contribution < -0.4 is 15.5 Å². The summed E-state index contributed by atoms with van der Waals surface area (Å²) in [5.41, 5.74) is 3.58. The monoisotopic (exact) mass is 541 g/mol. The van der Waals surface area contributed by atoms with E-state index < -0.39 is 6.03 Å². The Hall–Kier alpha value is -4.83. The van der Waals surface area contributed by atoms with Gasteiger partial charge in [0.1, 0.15) is 29.5 Å². The molecule has 0 bridgehead atoms. The van der Waals surface area contributed by atoms with Crippen molar-refractivity contribution in [3.8, 4) is 22.5 Å². The van der Waals surface area contributed by atoms with Crippen molar-refractivity contribution in [3.63, 3.8) is 0 Å². The molecule has 0 aliphatic carbocycles.